The van der Waals surface area contributed by atoms with Crippen LogP contribution in [0.25, 0.3) is 0 Å². The largest absolute Gasteiger partial charge is 0.454 e. The van der Waals surface area contributed by atoms with Crippen LogP contribution in [0.15, 0.2) is 18.2 Å². The van der Waals surface area contributed by atoms with Crippen molar-refractivity contribution in [3.05, 3.63) is 23.8 Å². The number of nitrogens with zero attached hydrogens (tertiary/aromatic N) is 1. The number of amides is 1. The van der Waals surface area contributed by atoms with Gasteiger partial charge in [-0.3, -0.25) is 9.69 Å². The Morgan fingerprint density at radius 1 is 1.35 bits per heavy atom. The molecule has 6 nitrogen and oxygen atoms in total. The van der Waals surface area contributed by atoms with Crippen LogP contribution in [0.5, 0.6) is 11.5 Å². The van der Waals surface area contributed by atoms with E-state index in [4.69, 9.17) is 14.2 Å². The molecule has 0 saturated carbocycles. The highest BCUT2D eigenvalue weighted by Gasteiger charge is 2.20. The van der Waals surface area contributed by atoms with E-state index in [0.29, 0.717) is 23.6 Å². The zero-order valence-electron chi connectivity index (χ0n) is 13.5. The molecule has 0 unspecified atom stereocenters. The van der Waals surface area contributed by atoms with Crippen molar-refractivity contribution in [2.45, 2.75) is 25.9 Å². The van der Waals surface area contributed by atoms with Crippen LogP contribution in [0.3, 0.4) is 0 Å². The fraction of sp³-hybridized carbons (Fsp3) is 0.588. The number of fused-ring (bicyclic) bond motifs is 1. The van der Waals surface area contributed by atoms with Crippen molar-refractivity contribution in [3.63, 3.8) is 0 Å². The van der Waals surface area contributed by atoms with Crippen LogP contribution in [-0.4, -0.2) is 56.5 Å². The van der Waals surface area contributed by atoms with Gasteiger partial charge in [-0.1, -0.05) is 6.92 Å². The molecule has 2 aliphatic heterocycles. The average Bonchev–Trinajstić information content (AvgIpc) is 3.03. The predicted molar refractivity (Wildman–Crippen MR) is 86.0 cm³/mol. The van der Waals surface area contributed by atoms with E-state index in [0.717, 1.165) is 39.1 Å². The number of carbonyl (C=O) groups excluding carboxylic acids is 1. The lowest BCUT2D eigenvalue weighted by Crippen LogP contribution is -2.43. The zero-order chi connectivity index (χ0) is 16.1. The molecule has 0 spiro atoms. The first kappa shape index (κ1) is 16.1. The molecule has 2 heterocycles. The Kier molecular flexibility index (Phi) is 5.35. The third-order valence-corrected chi connectivity index (χ3v) is 4.15. The first-order valence-corrected chi connectivity index (χ1v) is 8.28. The summed E-state index contributed by atoms with van der Waals surface area (Å²) >= 11 is 0. The summed E-state index contributed by atoms with van der Waals surface area (Å²) in [4.78, 5) is 14.6. The highest BCUT2D eigenvalue weighted by Crippen LogP contribution is 2.32. The fourth-order valence-corrected chi connectivity index (χ4v) is 2.96. The number of rotatable bonds is 6. The van der Waals surface area contributed by atoms with Crippen LogP contribution >= 0.6 is 0 Å². The highest BCUT2D eigenvalue weighted by atomic mass is 16.7. The second-order valence-corrected chi connectivity index (χ2v) is 5.91. The van der Waals surface area contributed by atoms with Gasteiger partial charge in [-0.05, 0) is 37.6 Å². The number of hydrogen-bond donors (Lipinski definition) is 1. The minimum absolute atomic E-state index is 0.0930. The van der Waals surface area contributed by atoms with Crippen molar-refractivity contribution < 1.29 is 19.0 Å². The molecule has 3 rings (SSSR count). The fourth-order valence-electron chi connectivity index (χ4n) is 2.96. The second-order valence-electron chi connectivity index (χ2n) is 5.91. The Balaban J connectivity index is 1.44. The summed E-state index contributed by atoms with van der Waals surface area (Å²) in [6.45, 7) is 6.87. The quantitative estimate of drug-likeness (QED) is 0.863. The van der Waals surface area contributed by atoms with Crippen molar-refractivity contribution in [1.29, 1.82) is 0 Å². The van der Waals surface area contributed by atoms with Gasteiger partial charge in [-0.15, -0.1) is 0 Å². The number of carbonyl (C=O) groups is 1. The summed E-state index contributed by atoms with van der Waals surface area (Å²) in [7, 11) is 0. The molecule has 0 radical (unpaired) electrons. The van der Waals surface area contributed by atoms with Crippen molar-refractivity contribution in [1.82, 2.24) is 10.2 Å². The van der Waals surface area contributed by atoms with Crippen molar-refractivity contribution in [3.8, 4) is 11.5 Å². The Bertz CT molecular complexity index is 547. The molecule has 126 valence electrons. The molecule has 1 amide bonds. The highest BCUT2D eigenvalue weighted by molar-refractivity contribution is 5.94. The van der Waals surface area contributed by atoms with Crippen LogP contribution in [0.4, 0.5) is 0 Å². The Hall–Kier alpha value is -1.79. The molecule has 1 atom stereocenters. The number of morpholine rings is 1. The third-order valence-electron chi connectivity index (χ3n) is 4.15. The first-order chi connectivity index (χ1) is 11.3. The molecule has 23 heavy (non-hydrogen) atoms. The van der Waals surface area contributed by atoms with Crippen molar-refractivity contribution in [2.75, 3.05) is 39.6 Å². The molecule has 1 aromatic rings. The van der Waals surface area contributed by atoms with E-state index in [1.54, 1.807) is 18.2 Å². The molecule has 1 saturated heterocycles. The molecular weight excluding hydrogens is 296 g/mol. The average molecular weight is 320 g/mol. The normalized spacial score (nSPS) is 20.5. The molecule has 1 fully saturated rings. The summed E-state index contributed by atoms with van der Waals surface area (Å²) in [5, 5.41) is 2.95. The molecule has 1 aromatic carbocycles. The van der Waals surface area contributed by atoms with Gasteiger partial charge in [0.25, 0.3) is 5.91 Å². The molecule has 0 bridgehead atoms. The van der Waals surface area contributed by atoms with Gasteiger partial charge in [0.05, 0.1) is 12.7 Å². The zero-order valence-corrected chi connectivity index (χ0v) is 13.5. The van der Waals surface area contributed by atoms with Crippen LogP contribution < -0.4 is 14.8 Å². The summed E-state index contributed by atoms with van der Waals surface area (Å²) in [6.07, 6.45) is 2.19. The molecule has 0 aliphatic carbocycles. The van der Waals surface area contributed by atoms with E-state index in [2.05, 4.69) is 17.1 Å². The van der Waals surface area contributed by atoms with Gasteiger partial charge < -0.3 is 19.5 Å². The first-order valence-electron chi connectivity index (χ1n) is 8.28. The molecule has 2 aliphatic rings. The monoisotopic (exact) mass is 320 g/mol. The Labute approximate surface area is 136 Å². The van der Waals surface area contributed by atoms with E-state index in [-0.39, 0.29) is 18.8 Å². The van der Waals surface area contributed by atoms with E-state index in [1.165, 1.54) is 0 Å². The summed E-state index contributed by atoms with van der Waals surface area (Å²) < 4.78 is 16.3. The molecule has 1 N–H and O–H groups in total. The van der Waals surface area contributed by atoms with E-state index in [1.807, 2.05) is 0 Å². The smallest absolute Gasteiger partial charge is 0.251 e. The van der Waals surface area contributed by atoms with Gasteiger partial charge in [-0.25, -0.2) is 0 Å². The van der Waals surface area contributed by atoms with E-state index < -0.39 is 0 Å². The van der Waals surface area contributed by atoms with Crippen molar-refractivity contribution >= 4 is 5.91 Å². The van der Waals surface area contributed by atoms with Crippen LogP contribution in [0.2, 0.25) is 0 Å². The van der Waals surface area contributed by atoms with Crippen LogP contribution in [-0.2, 0) is 4.74 Å². The van der Waals surface area contributed by atoms with Gasteiger partial charge in [0, 0.05) is 25.2 Å². The lowest BCUT2D eigenvalue weighted by molar-refractivity contribution is -0.0312. The minimum atomic E-state index is -0.0930. The van der Waals surface area contributed by atoms with Gasteiger partial charge >= 0.3 is 0 Å². The van der Waals surface area contributed by atoms with E-state index in [9.17, 15) is 4.79 Å². The number of hydrogen-bond acceptors (Lipinski definition) is 5. The van der Waals surface area contributed by atoms with Gasteiger partial charge in [0.15, 0.2) is 11.5 Å². The maximum atomic E-state index is 12.2. The Morgan fingerprint density at radius 2 is 2.22 bits per heavy atom. The third kappa shape index (κ3) is 4.14. The van der Waals surface area contributed by atoms with Gasteiger partial charge in [0.2, 0.25) is 6.79 Å². The topological polar surface area (TPSA) is 60.0 Å². The van der Waals surface area contributed by atoms with Crippen molar-refractivity contribution in [2.24, 2.45) is 0 Å². The lowest BCUT2D eigenvalue weighted by atomic mass is 10.1. The summed E-state index contributed by atoms with van der Waals surface area (Å²) in [5.74, 6) is 1.22. The Morgan fingerprint density at radius 3 is 3.09 bits per heavy atom. The number of ether oxygens (including phenoxy) is 3. The molecule has 0 aromatic heterocycles. The molecular formula is C17H24N2O4. The summed E-state index contributed by atoms with van der Waals surface area (Å²) in [5.41, 5.74) is 0.589. The maximum absolute atomic E-state index is 12.2. The van der Waals surface area contributed by atoms with E-state index >= 15 is 0 Å². The molecule has 6 heteroatoms. The maximum Gasteiger partial charge on any atom is 0.251 e. The minimum Gasteiger partial charge on any atom is -0.454 e. The lowest BCUT2D eigenvalue weighted by Gasteiger charge is -2.32. The second kappa shape index (κ2) is 7.66. The van der Waals surface area contributed by atoms with Gasteiger partial charge in [0.1, 0.15) is 0 Å². The van der Waals surface area contributed by atoms with Crippen LogP contribution in [0.1, 0.15) is 30.1 Å². The predicted octanol–water partition coefficient (Wildman–Crippen LogP) is 1.65. The number of nitrogens with one attached hydrogen (secondary N) is 1. The SMILES string of the molecule is CCCN1CCO[C@H](CCNC(=O)c2ccc3c(c2)OCO3)C1. The standard InChI is InChI=1S/C17H24N2O4/c1-2-7-19-8-9-21-14(11-19)5-6-18-17(20)13-3-4-15-16(10-13)23-12-22-15/h3-4,10,14H,2,5-9,11-12H2,1H3,(H,18,20)/t14-/m1/s1. The number of benzene rings is 1. The summed E-state index contributed by atoms with van der Waals surface area (Å²) in [6, 6.07) is 5.24. The van der Waals surface area contributed by atoms with Gasteiger partial charge in [-0.2, -0.15) is 0 Å². The van der Waals surface area contributed by atoms with Crippen LogP contribution in [0, 0.1) is 0 Å².